The van der Waals surface area contributed by atoms with E-state index in [0.29, 0.717) is 13.0 Å². The first-order valence-corrected chi connectivity index (χ1v) is 17.2. The molecule has 0 aliphatic carbocycles. The third-order valence-corrected chi connectivity index (χ3v) is 8.17. The fourth-order valence-corrected chi connectivity index (χ4v) is 5.30. The van der Waals surface area contributed by atoms with Crippen LogP contribution in [-0.4, -0.2) is 90.1 Å². The average molecular weight is 631 g/mol. The summed E-state index contributed by atoms with van der Waals surface area (Å²) < 4.78 is 15.6. The molecule has 0 saturated carbocycles. The molecule has 258 valence electrons. The lowest BCUT2D eigenvalue weighted by molar-refractivity contribution is -0.295. The maximum atomic E-state index is 13.1. The zero-order valence-electron chi connectivity index (χ0n) is 27.6. The zero-order chi connectivity index (χ0) is 32.6. The first-order valence-electron chi connectivity index (χ1n) is 17.2. The topological polar surface area (TPSA) is 164 Å². The minimum Gasteiger partial charge on any atom is -0.467 e. The van der Waals surface area contributed by atoms with Gasteiger partial charge in [-0.15, -0.1) is 0 Å². The van der Waals surface area contributed by atoms with Gasteiger partial charge in [0.2, 0.25) is 11.8 Å². The number of carbonyl (C=O) groups is 3. The first kappa shape index (κ1) is 40.2. The quantitative estimate of drug-likeness (QED) is 0.0701. The number of esters is 1. The highest BCUT2D eigenvalue weighted by molar-refractivity contribution is 5.87. The van der Waals surface area contributed by atoms with Crippen LogP contribution in [0.5, 0.6) is 0 Å². The summed E-state index contributed by atoms with van der Waals surface area (Å²) in [6.45, 7) is 4.49. The molecule has 2 amide bonds. The molecule has 0 spiro atoms. The van der Waals surface area contributed by atoms with E-state index >= 15 is 0 Å². The summed E-state index contributed by atoms with van der Waals surface area (Å²) >= 11 is 0. The van der Waals surface area contributed by atoms with E-state index in [0.717, 1.165) is 45.6 Å². The molecule has 1 aliphatic heterocycles. The van der Waals surface area contributed by atoms with E-state index in [1.165, 1.54) is 70.6 Å². The van der Waals surface area contributed by atoms with Crippen LogP contribution < -0.4 is 10.6 Å². The summed E-state index contributed by atoms with van der Waals surface area (Å²) in [5.74, 6) is -1.66. The van der Waals surface area contributed by atoms with E-state index in [2.05, 4.69) is 29.2 Å². The summed E-state index contributed by atoms with van der Waals surface area (Å²) in [5, 5.41) is 36.3. The lowest BCUT2D eigenvalue weighted by Gasteiger charge is -2.39. The summed E-state index contributed by atoms with van der Waals surface area (Å²) in [4.78, 5) is 37.8. The number of hydrogen-bond donors (Lipinski definition) is 5. The Bertz CT molecular complexity index is 770. The molecule has 11 nitrogen and oxygen atoms in total. The molecule has 1 rings (SSSR count). The van der Waals surface area contributed by atoms with Gasteiger partial charge in [-0.1, -0.05) is 117 Å². The van der Waals surface area contributed by atoms with Crippen molar-refractivity contribution in [3.8, 4) is 0 Å². The van der Waals surface area contributed by atoms with Crippen LogP contribution in [0, 0.1) is 0 Å². The predicted molar refractivity (Wildman–Crippen MR) is 169 cm³/mol. The molecule has 1 aliphatic rings. The van der Waals surface area contributed by atoms with E-state index in [1.54, 1.807) is 0 Å². The zero-order valence-corrected chi connectivity index (χ0v) is 27.6. The van der Waals surface area contributed by atoms with Gasteiger partial charge in [0, 0.05) is 13.0 Å². The van der Waals surface area contributed by atoms with Crippen LogP contribution in [0.15, 0.2) is 0 Å². The normalized spacial score (nSPS) is 22.4. The van der Waals surface area contributed by atoms with Crippen LogP contribution in [0.2, 0.25) is 0 Å². The van der Waals surface area contributed by atoms with Crippen LogP contribution in [0.3, 0.4) is 0 Å². The van der Waals surface area contributed by atoms with Gasteiger partial charge in [0.1, 0.15) is 24.4 Å². The molecule has 1 heterocycles. The highest BCUT2D eigenvalue weighted by Gasteiger charge is 2.48. The fourth-order valence-electron chi connectivity index (χ4n) is 5.30. The molecule has 0 radical (unpaired) electrons. The van der Waals surface area contributed by atoms with E-state index in [1.807, 2.05) is 0 Å². The molecular formula is C33H62N2O9. The van der Waals surface area contributed by atoms with E-state index in [9.17, 15) is 29.7 Å². The molecule has 11 heteroatoms. The maximum Gasteiger partial charge on any atom is 0.337 e. The molecule has 1 fully saturated rings. The number of unbranched alkanes of at least 4 members (excludes halogenated alkanes) is 16. The van der Waals surface area contributed by atoms with E-state index in [4.69, 9.17) is 9.47 Å². The molecule has 0 aromatic rings. The number of carbonyl (C=O) groups excluding carboxylic acids is 3. The van der Waals surface area contributed by atoms with Gasteiger partial charge >= 0.3 is 5.97 Å². The molecule has 0 bridgehead atoms. The van der Waals surface area contributed by atoms with Crippen molar-refractivity contribution in [3.05, 3.63) is 0 Å². The van der Waals surface area contributed by atoms with Gasteiger partial charge in [-0.25, -0.2) is 4.79 Å². The predicted octanol–water partition coefficient (Wildman–Crippen LogP) is 4.04. The minimum atomic E-state index is -1.74. The maximum absolute atomic E-state index is 13.1. The van der Waals surface area contributed by atoms with Crippen molar-refractivity contribution in [1.29, 1.82) is 0 Å². The fraction of sp³-hybridized carbons (Fsp3) is 0.909. The minimum absolute atomic E-state index is 0.274. The van der Waals surface area contributed by atoms with Crippen LogP contribution in [-0.2, 0) is 28.6 Å². The van der Waals surface area contributed by atoms with Crippen molar-refractivity contribution in [2.45, 2.75) is 173 Å². The highest BCUT2D eigenvalue weighted by atomic mass is 16.7. The number of aliphatic hydroxyl groups excluding tert-OH is 3. The van der Waals surface area contributed by atoms with Crippen LogP contribution in [0.1, 0.15) is 136 Å². The van der Waals surface area contributed by atoms with Gasteiger partial charge in [-0.05, 0) is 12.8 Å². The van der Waals surface area contributed by atoms with Gasteiger partial charge < -0.3 is 40.2 Å². The van der Waals surface area contributed by atoms with Gasteiger partial charge in [-0.2, -0.15) is 0 Å². The largest absolute Gasteiger partial charge is 0.467 e. The smallest absolute Gasteiger partial charge is 0.337 e. The van der Waals surface area contributed by atoms with Crippen molar-refractivity contribution in [3.63, 3.8) is 0 Å². The van der Waals surface area contributed by atoms with Crippen molar-refractivity contribution < 1.29 is 43.9 Å². The average Bonchev–Trinajstić information content (AvgIpc) is 3.02. The molecule has 0 aromatic carbocycles. The Hall–Kier alpha value is -1.79. The second-order valence-electron chi connectivity index (χ2n) is 12.1. The third-order valence-electron chi connectivity index (χ3n) is 8.17. The van der Waals surface area contributed by atoms with Gasteiger partial charge in [0.15, 0.2) is 12.4 Å². The second kappa shape index (κ2) is 25.4. The molecule has 5 N–H and O–H groups in total. The Labute approximate surface area is 265 Å². The van der Waals surface area contributed by atoms with E-state index in [-0.39, 0.29) is 18.9 Å². The van der Waals surface area contributed by atoms with Crippen LogP contribution in [0.25, 0.3) is 0 Å². The van der Waals surface area contributed by atoms with E-state index < -0.39 is 48.6 Å². The number of methoxy groups -OCH3 is 1. The molecule has 6 atom stereocenters. The molecule has 1 saturated heterocycles. The third kappa shape index (κ3) is 17.1. The molecular weight excluding hydrogens is 568 g/mol. The number of hydrogen-bond acceptors (Lipinski definition) is 9. The van der Waals surface area contributed by atoms with Gasteiger partial charge in [0.25, 0.3) is 0 Å². The number of nitrogens with one attached hydrogen (secondary N) is 2. The lowest BCUT2D eigenvalue weighted by atomic mass is 9.99. The van der Waals surface area contributed by atoms with Crippen LogP contribution >= 0.6 is 0 Å². The Morgan fingerprint density at radius 3 is 1.73 bits per heavy atom. The van der Waals surface area contributed by atoms with Crippen LogP contribution in [0.4, 0.5) is 0 Å². The standard InChI is InChI=1S/C33H62N2O9/c1-4-6-8-10-12-14-16-18-20-22-26(36)35-25(31(40)34-23-21-19-17-15-13-11-9-7-5-2)24-43-33-29(39)27(37)28(38)30(44-33)32(41)42-3/h25,27-30,33,37-39H,4-24H2,1-3H3,(H,34,40)(H,35,36)/t25-,27-,28-,29+,30-,33-/m0/s1. The second-order valence-corrected chi connectivity index (χ2v) is 12.1. The number of amides is 2. The monoisotopic (exact) mass is 630 g/mol. The summed E-state index contributed by atoms with van der Waals surface area (Å²) in [7, 11) is 1.10. The van der Waals surface area contributed by atoms with Gasteiger partial charge in [-0.3, -0.25) is 9.59 Å². The van der Waals surface area contributed by atoms with Crippen molar-refractivity contribution in [2.75, 3.05) is 20.3 Å². The summed E-state index contributed by atoms with van der Waals surface area (Å²) in [5.41, 5.74) is 0. The summed E-state index contributed by atoms with van der Waals surface area (Å²) in [6.07, 6.45) is 12.5. The van der Waals surface area contributed by atoms with Crippen molar-refractivity contribution >= 4 is 17.8 Å². The Morgan fingerprint density at radius 2 is 1.20 bits per heavy atom. The summed E-state index contributed by atoms with van der Waals surface area (Å²) in [6, 6.07) is -1.07. The Kier molecular flexibility index (Phi) is 23.2. The van der Waals surface area contributed by atoms with Crippen molar-refractivity contribution in [1.82, 2.24) is 10.6 Å². The molecule has 0 aromatic heterocycles. The number of rotatable bonds is 26. The molecule has 44 heavy (non-hydrogen) atoms. The SMILES string of the molecule is CCCCCCCCCCCNC(=O)[C@H](CO[C@H]1O[C@H](C(=O)OC)[C@@H](O)[C@H](O)[C@H]1O)NC(=O)CCCCCCCCCCC. The van der Waals surface area contributed by atoms with Gasteiger partial charge in [0.05, 0.1) is 13.7 Å². The molecule has 0 unspecified atom stereocenters. The Morgan fingerprint density at radius 1 is 0.705 bits per heavy atom. The first-order chi connectivity index (χ1) is 21.3. The highest BCUT2D eigenvalue weighted by Crippen LogP contribution is 2.23. The number of aliphatic hydroxyl groups is 3. The Balaban J connectivity index is 2.58. The lowest BCUT2D eigenvalue weighted by Crippen LogP contribution is -2.61. The van der Waals surface area contributed by atoms with Crippen molar-refractivity contribution in [2.24, 2.45) is 0 Å². The number of ether oxygens (including phenoxy) is 3.